The summed E-state index contributed by atoms with van der Waals surface area (Å²) >= 11 is 5.19. The van der Waals surface area contributed by atoms with Crippen molar-refractivity contribution in [2.75, 3.05) is 16.8 Å². The van der Waals surface area contributed by atoms with Gasteiger partial charge in [0.15, 0.2) is 11.7 Å². The Morgan fingerprint density at radius 3 is 2.47 bits per heavy atom. The Bertz CT molecular complexity index is 1290. The van der Waals surface area contributed by atoms with Crippen LogP contribution in [0.15, 0.2) is 84.4 Å². The maximum atomic E-state index is 13.0. The van der Waals surface area contributed by atoms with E-state index in [4.69, 9.17) is 17.0 Å². The fraction of sp³-hybridized carbons (Fsp3) is 0.0769. The Hall–Kier alpha value is -4.30. The fourth-order valence-corrected chi connectivity index (χ4v) is 3.65. The first-order valence-electron chi connectivity index (χ1n) is 10.5. The number of carbonyl (C=O) groups is 3. The molecule has 170 valence electrons. The fourth-order valence-electron chi connectivity index (χ4n) is 3.36. The highest BCUT2D eigenvalue weighted by atomic mass is 32.1. The van der Waals surface area contributed by atoms with Crippen LogP contribution in [0.25, 0.3) is 6.08 Å². The second-order valence-corrected chi connectivity index (χ2v) is 7.96. The van der Waals surface area contributed by atoms with Crippen LogP contribution >= 0.6 is 12.2 Å². The third kappa shape index (κ3) is 5.36. The Morgan fingerprint density at radius 1 is 1.03 bits per heavy atom. The highest BCUT2D eigenvalue weighted by Gasteiger charge is 2.34. The lowest BCUT2D eigenvalue weighted by Gasteiger charge is -2.28. The Balaban J connectivity index is 1.42. The van der Waals surface area contributed by atoms with E-state index in [1.54, 1.807) is 48.5 Å². The van der Waals surface area contributed by atoms with Crippen LogP contribution in [0.3, 0.4) is 0 Å². The quantitative estimate of drug-likeness (QED) is 0.324. The second kappa shape index (κ2) is 10.1. The monoisotopic (exact) mass is 471 g/mol. The molecule has 0 unspecified atom stereocenters. The van der Waals surface area contributed by atoms with Gasteiger partial charge in [0.05, 0.1) is 5.69 Å². The van der Waals surface area contributed by atoms with E-state index < -0.39 is 11.8 Å². The highest BCUT2D eigenvalue weighted by molar-refractivity contribution is 7.80. The van der Waals surface area contributed by atoms with Crippen LogP contribution in [0.2, 0.25) is 0 Å². The summed E-state index contributed by atoms with van der Waals surface area (Å²) in [7, 11) is 0. The number of nitrogens with one attached hydrogen (secondary N) is 2. The lowest BCUT2D eigenvalue weighted by atomic mass is 10.1. The highest BCUT2D eigenvalue weighted by Crippen LogP contribution is 2.22. The smallest absolute Gasteiger partial charge is 0.270 e. The van der Waals surface area contributed by atoms with Crippen LogP contribution in [-0.4, -0.2) is 29.4 Å². The standard InChI is InChI=1S/C26H21N3O4S/c1-17-6-5-7-19(14-17)27-23(30)16-33-21-12-10-18(11-13-21)15-22-24(31)28-26(34)29(25(22)32)20-8-3-2-4-9-20/h2-15H,16H2,1H3,(H,27,30)(H,28,31,34)/b22-15-. The molecule has 0 bridgehead atoms. The molecule has 3 amide bonds. The van der Waals surface area contributed by atoms with Gasteiger partial charge in [0.25, 0.3) is 17.7 Å². The van der Waals surface area contributed by atoms with Gasteiger partial charge in [-0.15, -0.1) is 0 Å². The van der Waals surface area contributed by atoms with Crippen molar-refractivity contribution in [1.29, 1.82) is 0 Å². The number of rotatable bonds is 6. The molecule has 2 N–H and O–H groups in total. The number of anilines is 2. The van der Waals surface area contributed by atoms with E-state index in [0.29, 0.717) is 22.7 Å². The zero-order valence-electron chi connectivity index (χ0n) is 18.3. The molecule has 1 aliphatic rings. The van der Waals surface area contributed by atoms with E-state index in [2.05, 4.69) is 10.6 Å². The van der Waals surface area contributed by atoms with Crippen molar-refractivity contribution in [3.8, 4) is 5.75 Å². The number of aryl methyl sites for hydroxylation is 1. The summed E-state index contributed by atoms with van der Waals surface area (Å²) in [5, 5.41) is 5.37. The van der Waals surface area contributed by atoms with Crippen molar-refractivity contribution < 1.29 is 19.1 Å². The lowest BCUT2D eigenvalue weighted by molar-refractivity contribution is -0.122. The van der Waals surface area contributed by atoms with Crippen LogP contribution in [0.4, 0.5) is 11.4 Å². The molecule has 4 rings (SSSR count). The molecule has 1 fully saturated rings. The Kier molecular flexibility index (Phi) is 6.79. The van der Waals surface area contributed by atoms with Gasteiger partial charge in [-0.05, 0) is 72.7 Å². The third-order valence-electron chi connectivity index (χ3n) is 4.98. The zero-order valence-corrected chi connectivity index (χ0v) is 19.1. The molecule has 1 saturated heterocycles. The number of hydrogen-bond acceptors (Lipinski definition) is 5. The summed E-state index contributed by atoms with van der Waals surface area (Å²) in [6.45, 7) is 1.79. The van der Waals surface area contributed by atoms with Crippen LogP contribution < -0.4 is 20.3 Å². The van der Waals surface area contributed by atoms with Crippen LogP contribution in [0.5, 0.6) is 5.75 Å². The van der Waals surface area contributed by atoms with Crippen molar-refractivity contribution >= 4 is 52.5 Å². The van der Waals surface area contributed by atoms with Crippen molar-refractivity contribution in [2.45, 2.75) is 6.92 Å². The van der Waals surface area contributed by atoms with Crippen molar-refractivity contribution in [3.05, 3.63) is 95.6 Å². The van der Waals surface area contributed by atoms with Crippen LogP contribution in [-0.2, 0) is 14.4 Å². The van der Waals surface area contributed by atoms with Gasteiger partial charge in [-0.1, -0.05) is 42.5 Å². The van der Waals surface area contributed by atoms with Gasteiger partial charge < -0.3 is 10.1 Å². The molecule has 0 aromatic heterocycles. The van der Waals surface area contributed by atoms with Crippen LogP contribution in [0.1, 0.15) is 11.1 Å². The molecular weight excluding hydrogens is 450 g/mol. The van der Waals surface area contributed by atoms with E-state index in [9.17, 15) is 14.4 Å². The van der Waals surface area contributed by atoms with E-state index >= 15 is 0 Å². The summed E-state index contributed by atoms with van der Waals surface area (Å²) < 4.78 is 5.54. The van der Waals surface area contributed by atoms with Crippen LogP contribution in [0, 0.1) is 6.92 Å². The normalized spacial score (nSPS) is 14.7. The number of carbonyl (C=O) groups excluding carboxylic acids is 3. The maximum absolute atomic E-state index is 13.0. The Labute approximate surface area is 202 Å². The topological polar surface area (TPSA) is 87.7 Å². The molecule has 0 spiro atoms. The minimum absolute atomic E-state index is 0.0334. The molecule has 3 aromatic carbocycles. The second-order valence-electron chi connectivity index (χ2n) is 7.57. The van der Waals surface area contributed by atoms with Gasteiger partial charge in [0.2, 0.25) is 0 Å². The number of thiocarbonyl (C=S) groups is 1. The van der Waals surface area contributed by atoms with Crippen molar-refractivity contribution in [1.82, 2.24) is 5.32 Å². The first-order chi connectivity index (χ1) is 16.4. The van der Waals surface area contributed by atoms with Gasteiger partial charge in [0.1, 0.15) is 11.3 Å². The number of hydrogen-bond donors (Lipinski definition) is 2. The number of nitrogens with zero attached hydrogens (tertiary/aromatic N) is 1. The van der Waals surface area contributed by atoms with E-state index in [1.165, 1.54) is 11.0 Å². The molecule has 0 radical (unpaired) electrons. The van der Waals surface area contributed by atoms with Crippen molar-refractivity contribution in [3.63, 3.8) is 0 Å². The minimum Gasteiger partial charge on any atom is -0.484 e. The number of para-hydroxylation sites is 1. The van der Waals surface area contributed by atoms with Gasteiger partial charge in [-0.25, -0.2) is 0 Å². The molecule has 0 atom stereocenters. The summed E-state index contributed by atoms with van der Waals surface area (Å²) in [5.74, 6) is -0.866. The van der Waals surface area contributed by atoms with Gasteiger partial charge in [0, 0.05) is 5.69 Å². The predicted octanol–water partition coefficient (Wildman–Crippen LogP) is 3.84. The van der Waals surface area contributed by atoms with E-state index in [1.807, 2.05) is 37.3 Å². The number of amides is 3. The van der Waals surface area contributed by atoms with Gasteiger partial charge >= 0.3 is 0 Å². The summed E-state index contributed by atoms with van der Waals surface area (Å²) in [6, 6.07) is 23.1. The third-order valence-corrected chi connectivity index (χ3v) is 5.26. The summed E-state index contributed by atoms with van der Waals surface area (Å²) in [6.07, 6.45) is 1.49. The van der Waals surface area contributed by atoms with Gasteiger partial charge in [-0.3, -0.25) is 24.6 Å². The molecule has 0 aliphatic carbocycles. The first kappa shape index (κ1) is 22.9. The van der Waals surface area contributed by atoms with Gasteiger partial charge in [-0.2, -0.15) is 0 Å². The molecule has 1 aliphatic heterocycles. The molecule has 3 aromatic rings. The van der Waals surface area contributed by atoms with E-state index in [0.717, 1.165) is 5.56 Å². The summed E-state index contributed by atoms with van der Waals surface area (Å²) in [5.41, 5.74) is 2.90. The largest absolute Gasteiger partial charge is 0.484 e. The molecule has 7 nitrogen and oxygen atoms in total. The summed E-state index contributed by atoms with van der Waals surface area (Å²) in [4.78, 5) is 38.9. The molecule has 8 heteroatoms. The van der Waals surface area contributed by atoms with Crippen molar-refractivity contribution in [2.24, 2.45) is 0 Å². The van der Waals surface area contributed by atoms with E-state index in [-0.39, 0.29) is 23.2 Å². The minimum atomic E-state index is -0.560. The Morgan fingerprint density at radius 2 is 1.76 bits per heavy atom. The first-order valence-corrected chi connectivity index (χ1v) is 10.9. The lowest BCUT2D eigenvalue weighted by Crippen LogP contribution is -2.54. The molecule has 34 heavy (non-hydrogen) atoms. The molecule has 0 saturated carbocycles. The molecule has 1 heterocycles. The number of ether oxygens (including phenoxy) is 1. The maximum Gasteiger partial charge on any atom is 0.270 e. The SMILES string of the molecule is Cc1cccc(NC(=O)COc2ccc(/C=C3/C(=O)NC(=S)N(c4ccccc4)C3=O)cc2)c1. The average Bonchev–Trinajstić information content (AvgIpc) is 2.82. The zero-order chi connectivity index (χ0) is 24.1. The number of benzene rings is 3. The predicted molar refractivity (Wildman–Crippen MR) is 134 cm³/mol. The molecular formula is C26H21N3O4S. The average molecular weight is 472 g/mol.